The van der Waals surface area contributed by atoms with E-state index in [0.29, 0.717) is 0 Å². The summed E-state index contributed by atoms with van der Waals surface area (Å²) in [6.45, 7) is 8.71. The fraction of sp³-hybridized carbons (Fsp3) is 0.500. The van der Waals surface area contributed by atoms with Crippen molar-refractivity contribution in [3.63, 3.8) is 0 Å². The van der Waals surface area contributed by atoms with Gasteiger partial charge < -0.3 is 24.8 Å². The number of halogens is 2. The minimum absolute atomic E-state index is 0. The third-order valence-corrected chi connectivity index (χ3v) is 2.25. The third kappa shape index (κ3) is 2.82. The van der Waals surface area contributed by atoms with Crippen LogP contribution in [0.5, 0.6) is 0 Å². The van der Waals surface area contributed by atoms with Crippen molar-refractivity contribution in [2.45, 2.75) is 27.7 Å². The van der Waals surface area contributed by atoms with Crippen LogP contribution in [-0.4, -0.2) is 0 Å². The van der Waals surface area contributed by atoms with Crippen LogP contribution in [0.2, 0.25) is 0 Å². The summed E-state index contributed by atoms with van der Waals surface area (Å²) in [6.07, 6.45) is 0. The van der Waals surface area contributed by atoms with Gasteiger partial charge in [-0.2, -0.15) is 0 Å². The van der Waals surface area contributed by atoms with E-state index in [1.165, 1.54) is 22.3 Å². The Morgan fingerprint density at radius 3 is 0.727 bits per heavy atom. The van der Waals surface area contributed by atoms with Gasteiger partial charge in [0.05, 0.1) is 0 Å². The molecule has 3 heteroatoms. The van der Waals surface area contributed by atoms with Gasteiger partial charge in [-0.3, -0.25) is 0 Å². The second-order valence-electron chi connectivity index (χ2n) is 2.50. The quantitative estimate of drug-likeness (QED) is 0.387. The van der Waals surface area contributed by atoms with E-state index < -0.39 is 0 Å². The Morgan fingerprint density at radius 2 is 0.636 bits per heavy atom. The van der Waals surface area contributed by atoms with Gasteiger partial charge in [0, 0.05) is 0 Å². The average molecular weight is 238 g/mol. The second-order valence-corrected chi connectivity index (χ2v) is 2.50. The maximum atomic E-state index is 2.18. The van der Waals surface area contributed by atoms with Gasteiger partial charge in [-0.15, -0.1) is 0 Å². The summed E-state index contributed by atoms with van der Waals surface area (Å²) in [4.78, 5) is 0. The van der Waals surface area contributed by atoms with Crippen LogP contribution in [-0.2, 0) is 16.5 Å². The first kappa shape index (κ1) is 17.6. The molecule has 0 aliphatic heterocycles. The molecule has 0 saturated heterocycles. The van der Waals surface area contributed by atoms with Crippen LogP contribution in [0.25, 0.3) is 0 Å². The first-order valence-corrected chi connectivity index (χ1v) is 3.00. The molecule has 0 aromatic carbocycles. The van der Waals surface area contributed by atoms with Gasteiger partial charge in [-0.05, 0) is 50.0 Å². The molecule has 0 N–H and O–H groups in total. The van der Waals surface area contributed by atoms with E-state index in [0.717, 1.165) is 0 Å². The summed E-state index contributed by atoms with van der Waals surface area (Å²) >= 11 is 0. The predicted molar refractivity (Wildman–Crippen MR) is 36.7 cm³/mol. The Morgan fingerprint density at radius 1 is 0.545 bits per heavy atom. The zero-order chi connectivity index (χ0) is 6.31. The van der Waals surface area contributed by atoms with E-state index in [2.05, 4.69) is 27.7 Å². The molecule has 0 heterocycles. The summed E-state index contributed by atoms with van der Waals surface area (Å²) < 4.78 is 0. The van der Waals surface area contributed by atoms with Crippen molar-refractivity contribution in [3.8, 4) is 0 Å². The van der Waals surface area contributed by atoms with E-state index in [1.54, 1.807) is 0 Å². The van der Waals surface area contributed by atoms with Crippen molar-refractivity contribution in [2.24, 2.45) is 0 Å². The van der Waals surface area contributed by atoms with Crippen molar-refractivity contribution in [1.82, 2.24) is 0 Å². The van der Waals surface area contributed by atoms with Gasteiger partial charge >= 0.3 is 16.5 Å². The average Bonchev–Trinajstić information content (AvgIpc) is 1.83. The van der Waals surface area contributed by atoms with Gasteiger partial charge in [0.25, 0.3) is 0 Å². The number of hydrogen-bond donors (Lipinski definition) is 0. The Balaban J connectivity index is -0.000000213. The van der Waals surface area contributed by atoms with Crippen molar-refractivity contribution < 1.29 is 41.3 Å². The SMILES string of the molecule is CC1=C(C)C(C)=C1C.[Cl-].[Cl-].[Ni+2]. The fourth-order valence-electron chi connectivity index (χ4n) is 1.06. The van der Waals surface area contributed by atoms with E-state index in [4.69, 9.17) is 0 Å². The molecule has 0 aromatic rings. The third-order valence-electron chi connectivity index (χ3n) is 2.25. The first-order valence-electron chi connectivity index (χ1n) is 3.00. The van der Waals surface area contributed by atoms with Crippen molar-refractivity contribution in [2.75, 3.05) is 0 Å². The van der Waals surface area contributed by atoms with Crippen LogP contribution in [0, 0.1) is 0 Å². The smallest absolute Gasteiger partial charge is 1.00 e. The summed E-state index contributed by atoms with van der Waals surface area (Å²) in [5.41, 5.74) is 5.95. The molecule has 0 bridgehead atoms. The summed E-state index contributed by atoms with van der Waals surface area (Å²) in [5.74, 6) is 0. The zero-order valence-electron chi connectivity index (χ0n) is 7.07. The van der Waals surface area contributed by atoms with Crippen molar-refractivity contribution in [3.05, 3.63) is 22.3 Å². The molecule has 1 rings (SSSR count). The normalized spacial score (nSPS) is 14.2. The van der Waals surface area contributed by atoms with Gasteiger partial charge in [0.1, 0.15) is 0 Å². The molecular weight excluding hydrogens is 226 g/mol. The number of rotatable bonds is 0. The van der Waals surface area contributed by atoms with E-state index in [9.17, 15) is 0 Å². The molecule has 0 radical (unpaired) electrons. The van der Waals surface area contributed by atoms with Crippen LogP contribution in [0.4, 0.5) is 0 Å². The Bertz CT molecular complexity index is 139. The first-order chi connectivity index (χ1) is 3.64. The van der Waals surface area contributed by atoms with Crippen molar-refractivity contribution in [1.29, 1.82) is 0 Å². The minimum atomic E-state index is 0. The molecule has 0 unspecified atom stereocenters. The molecule has 1 aliphatic rings. The van der Waals surface area contributed by atoms with Gasteiger partial charge in [0.2, 0.25) is 0 Å². The van der Waals surface area contributed by atoms with Crippen LogP contribution in [0.1, 0.15) is 27.7 Å². The number of allylic oxidation sites excluding steroid dienone is 4. The Hall–Kier alpha value is 0.554. The Labute approximate surface area is 91.3 Å². The molecule has 68 valence electrons. The summed E-state index contributed by atoms with van der Waals surface area (Å²) in [5, 5.41) is 0. The van der Waals surface area contributed by atoms with Crippen LogP contribution < -0.4 is 24.8 Å². The molecular formula is C8H12Cl2Ni. The minimum Gasteiger partial charge on any atom is -1.00 e. The maximum absolute atomic E-state index is 2.18. The van der Waals surface area contributed by atoms with Gasteiger partial charge in [-0.1, -0.05) is 0 Å². The second kappa shape index (κ2) is 6.11. The van der Waals surface area contributed by atoms with E-state index in [1.807, 2.05) is 0 Å². The molecule has 0 saturated carbocycles. The molecule has 11 heavy (non-hydrogen) atoms. The molecule has 0 amide bonds. The van der Waals surface area contributed by atoms with Crippen LogP contribution in [0.15, 0.2) is 22.3 Å². The van der Waals surface area contributed by atoms with Gasteiger partial charge in [0.15, 0.2) is 0 Å². The standard InChI is InChI=1S/C8H12.2ClH.Ni/c1-5-6(2)8(4)7(5)3;;;/h1-4H3;2*1H;/q;;;+2/p-2. The van der Waals surface area contributed by atoms with E-state index in [-0.39, 0.29) is 41.3 Å². The largest absolute Gasteiger partial charge is 2.00 e. The molecule has 0 fully saturated rings. The van der Waals surface area contributed by atoms with Crippen LogP contribution in [0.3, 0.4) is 0 Å². The van der Waals surface area contributed by atoms with E-state index >= 15 is 0 Å². The number of hydrogen-bond acceptors (Lipinski definition) is 0. The summed E-state index contributed by atoms with van der Waals surface area (Å²) in [7, 11) is 0. The molecule has 0 nitrogen and oxygen atoms in total. The molecule has 0 spiro atoms. The zero-order valence-corrected chi connectivity index (χ0v) is 9.57. The molecule has 0 atom stereocenters. The fourth-order valence-corrected chi connectivity index (χ4v) is 1.06. The topological polar surface area (TPSA) is 0 Å². The predicted octanol–water partition coefficient (Wildman–Crippen LogP) is -3.32. The van der Waals surface area contributed by atoms with Crippen molar-refractivity contribution >= 4 is 0 Å². The Kier molecular flexibility index (Phi) is 9.77. The summed E-state index contributed by atoms with van der Waals surface area (Å²) in [6, 6.07) is 0. The molecule has 1 aliphatic carbocycles. The monoisotopic (exact) mass is 236 g/mol. The molecule has 0 aromatic heterocycles. The maximum Gasteiger partial charge on any atom is 2.00 e. The van der Waals surface area contributed by atoms with Crippen LogP contribution >= 0.6 is 0 Å². The van der Waals surface area contributed by atoms with Gasteiger partial charge in [-0.25, -0.2) is 0 Å².